The maximum Gasteiger partial charge on any atom is 0.407 e. The van der Waals surface area contributed by atoms with Gasteiger partial charge in [0.25, 0.3) is 5.95 Å². The summed E-state index contributed by atoms with van der Waals surface area (Å²) >= 11 is 6.12. The molecule has 0 saturated heterocycles. The molecule has 0 aliphatic heterocycles. The van der Waals surface area contributed by atoms with Gasteiger partial charge in [-0.2, -0.15) is 19.7 Å². The van der Waals surface area contributed by atoms with Crippen molar-refractivity contribution in [3.8, 4) is 5.95 Å². The summed E-state index contributed by atoms with van der Waals surface area (Å²) in [6.45, 7) is -0.0799. The van der Waals surface area contributed by atoms with Gasteiger partial charge in [0.05, 0.1) is 30.4 Å². The lowest BCUT2D eigenvalue weighted by molar-refractivity contribution is 0.170. The minimum Gasteiger partial charge on any atom is -0.453 e. The van der Waals surface area contributed by atoms with Crippen molar-refractivity contribution >= 4 is 40.2 Å². The highest BCUT2D eigenvalue weighted by Crippen LogP contribution is 2.29. The molecule has 0 unspecified atom stereocenters. The van der Waals surface area contributed by atoms with E-state index < -0.39 is 29.1 Å². The van der Waals surface area contributed by atoms with Crippen LogP contribution in [0.3, 0.4) is 0 Å². The molecule has 34 heavy (non-hydrogen) atoms. The number of amides is 1. The van der Waals surface area contributed by atoms with Crippen molar-refractivity contribution in [1.82, 2.24) is 25.1 Å². The Balaban J connectivity index is 1.81. The van der Waals surface area contributed by atoms with Gasteiger partial charge in [0.15, 0.2) is 11.6 Å². The summed E-state index contributed by atoms with van der Waals surface area (Å²) in [5, 5.41) is 7.60. The van der Waals surface area contributed by atoms with Gasteiger partial charge in [-0.15, -0.1) is 0 Å². The number of nitrogen functional groups attached to an aromatic ring is 2. The van der Waals surface area contributed by atoms with Gasteiger partial charge in [-0.25, -0.2) is 18.0 Å². The van der Waals surface area contributed by atoms with Crippen LogP contribution in [0.5, 0.6) is 0 Å². The molecule has 9 nitrogen and oxygen atoms in total. The van der Waals surface area contributed by atoms with E-state index in [1.807, 2.05) is 0 Å². The molecule has 2 heterocycles. The largest absolute Gasteiger partial charge is 0.453 e. The van der Waals surface area contributed by atoms with Crippen molar-refractivity contribution in [2.45, 2.75) is 13.0 Å². The van der Waals surface area contributed by atoms with Crippen molar-refractivity contribution in [3.63, 3.8) is 0 Å². The topological polar surface area (TPSA) is 134 Å². The van der Waals surface area contributed by atoms with Crippen molar-refractivity contribution < 1.29 is 22.7 Å². The van der Waals surface area contributed by atoms with E-state index in [2.05, 4.69) is 25.1 Å². The van der Waals surface area contributed by atoms with Gasteiger partial charge >= 0.3 is 6.09 Å². The van der Waals surface area contributed by atoms with E-state index in [4.69, 9.17) is 23.1 Å². The Morgan fingerprint density at radius 3 is 2.44 bits per heavy atom. The molecule has 5 N–H and O–H groups in total. The molecule has 0 bridgehead atoms. The zero-order valence-electron chi connectivity index (χ0n) is 17.6. The standard InChI is InChI=1S/C21H17ClF3N7O2/c1-34-21(33)28-8-12-18(26)29-20(30-19(12)27)32-16-5-2-9(22)6-11(16)15(31-32)7-10-13(23)3-4-14(24)17(10)25/h2-6H,7-8H2,1H3,(H,28,33)(H4,26,27,29,30). The van der Waals surface area contributed by atoms with Crippen LogP contribution in [0.1, 0.15) is 16.8 Å². The fourth-order valence-corrected chi connectivity index (χ4v) is 3.52. The average Bonchev–Trinajstić information content (AvgIpc) is 3.15. The molecule has 13 heteroatoms. The number of nitrogens with zero attached hydrogens (tertiary/aromatic N) is 4. The van der Waals surface area contributed by atoms with Gasteiger partial charge in [-0.1, -0.05) is 11.6 Å². The van der Waals surface area contributed by atoms with Crippen molar-refractivity contribution in [1.29, 1.82) is 0 Å². The van der Waals surface area contributed by atoms with Crippen LogP contribution < -0.4 is 16.8 Å². The van der Waals surface area contributed by atoms with Gasteiger partial charge in [-0.3, -0.25) is 0 Å². The minimum atomic E-state index is -1.31. The number of aromatic nitrogens is 4. The summed E-state index contributed by atoms with van der Waals surface area (Å²) in [7, 11) is 1.20. The van der Waals surface area contributed by atoms with Crippen LogP contribution in [-0.4, -0.2) is 33.0 Å². The van der Waals surface area contributed by atoms with Gasteiger partial charge in [-0.05, 0) is 30.3 Å². The Bertz CT molecular complexity index is 1400. The summed E-state index contributed by atoms with van der Waals surface area (Å²) in [5.41, 5.74) is 12.4. The number of alkyl carbamates (subject to hydrolysis) is 1. The number of carbonyl (C=O) groups is 1. The second kappa shape index (κ2) is 9.06. The van der Waals surface area contributed by atoms with Gasteiger partial charge in [0, 0.05) is 22.4 Å². The van der Waals surface area contributed by atoms with Gasteiger partial charge < -0.3 is 21.5 Å². The molecule has 4 rings (SSSR count). The molecular weight excluding hydrogens is 475 g/mol. The Kier molecular flexibility index (Phi) is 6.16. The van der Waals surface area contributed by atoms with Crippen LogP contribution in [0.25, 0.3) is 16.9 Å². The predicted octanol–water partition coefficient (Wildman–Crippen LogP) is 3.50. The van der Waals surface area contributed by atoms with E-state index in [0.29, 0.717) is 22.0 Å². The lowest BCUT2D eigenvalue weighted by Crippen LogP contribution is -2.24. The third kappa shape index (κ3) is 4.27. The van der Waals surface area contributed by atoms with Crippen LogP contribution >= 0.6 is 11.6 Å². The van der Waals surface area contributed by atoms with E-state index in [9.17, 15) is 18.0 Å². The average molecular weight is 492 g/mol. The second-order valence-corrected chi connectivity index (χ2v) is 7.57. The zero-order chi connectivity index (χ0) is 24.6. The molecule has 0 radical (unpaired) electrons. The number of ether oxygens (including phenoxy) is 1. The lowest BCUT2D eigenvalue weighted by Gasteiger charge is -2.11. The van der Waals surface area contributed by atoms with Gasteiger partial charge in [0.1, 0.15) is 17.5 Å². The Morgan fingerprint density at radius 2 is 1.76 bits per heavy atom. The number of nitrogens with two attached hydrogens (primary N) is 2. The molecule has 0 aliphatic rings. The van der Waals surface area contributed by atoms with Crippen LogP contribution in [-0.2, 0) is 17.7 Å². The first-order chi connectivity index (χ1) is 16.2. The first-order valence-electron chi connectivity index (χ1n) is 9.73. The molecule has 0 atom stereocenters. The summed E-state index contributed by atoms with van der Waals surface area (Å²) in [6, 6.07) is 6.28. The fourth-order valence-electron chi connectivity index (χ4n) is 3.35. The smallest absolute Gasteiger partial charge is 0.407 e. The van der Waals surface area contributed by atoms with Crippen LogP contribution in [0, 0.1) is 17.5 Å². The van der Waals surface area contributed by atoms with Crippen LogP contribution in [0.15, 0.2) is 30.3 Å². The Morgan fingerprint density at radius 1 is 1.09 bits per heavy atom. The number of fused-ring (bicyclic) bond motifs is 1. The molecule has 0 fully saturated rings. The van der Waals surface area contributed by atoms with Gasteiger partial charge in [0.2, 0.25) is 0 Å². The number of halogens is 4. The molecule has 2 aromatic heterocycles. The highest BCUT2D eigenvalue weighted by molar-refractivity contribution is 6.31. The Labute approximate surface area is 195 Å². The van der Waals surface area contributed by atoms with Crippen molar-refractivity contribution in [3.05, 3.63) is 69.6 Å². The molecule has 4 aromatic rings. The number of rotatable bonds is 5. The quantitative estimate of drug-likeness (QED) is 0.364. The Hall–Kier alpha value is -4.06. The third-order valence-electron chi connectivity index (χ3n) is 5.05. The fraction of sp³-hybridized carbons (Fsp3) is 0.143. The molecule has 0 aliphatic carbocycles. The molecule has 176 valence electrons. The van der Waals surface area contributed by atoms with E-state index in [-0.39, 0.29) is 41.8 Å². The number of anilines is 2. The minimum absolute atomic E-state index is 0.0275. The van der Waals surface area contributed by atoms with Crippen LogP contribution in [0.2, 0.25) is 5.02 Å². The summed E-state index contributed by atoms with van der Waals surface area (Å²) in [6.07, 6.45) is -1.06. The summed E-state index contributed by atoms with van der Waals surface area (Å²) in [4.78, 5) is 19.7. The summed E-state index contributed by atoms with van der Waals surface area (Å²) in [5.74, 6) is -3.50. The predicted molar refractivity (Wildman–Crippen MR) is 119 cm³/mol. The second-order valence-electron chi connectivity index (χ2n) is 7.14. The molecule has 2 aromatic carbocycles. The van der Waals surface area contributed by atoms with E-state index in [1.165, 1.54) is 11.8 Å². The van der Waals surface area contributed by atoms with E-state index in [1.54, 1.807) is 18.2 Å². The maximum atomic E-state index is 14.3. The number of methoxy groups -OCH3 is 1. The number of hydrogen-bond donors (Lipinski definition) is 3. The molecular formula is C21H17ClF3N7O2. The molecule has 0 saturated carbocycles. The van der Waals surface area contributed by atoms with Crippen LogP contribution in [0.4, 0.5) is 29.6 Å². The first-order valence-corrected chi connectivity index (χ1v) is 10.1. The van der Waals surface area contributed by atoms with E-state index >= 15 is 0 Å². The SMILES string of the molecule is COC(=O)NCc1c(N)nc(-n2nc(Cc3c(F)ccc(F)c3F)c3cc(Cl)ccc32)nc1N. The highest BCUT2D eigenvalue weighted by atomic mass is 35.5. The first kappa shape index (κ1) is 23.1. The monoisotopic (exact) mass is 491 g/mol. The third-order valence-corrected chi connectivity index (χ3v) is 5.28. The van der Waals surface area contributed by atoms with Crippen molar-refractivity contribution in [2.75, 3.05) is 18.6 Å². The lowest BCUT2D eigenvalue weighted by atomic mass is 10.1. The number of benzene rings is 2. The number of carbonyl (C=O) groups excluding carboxylic acids is 1. The zero-order valence-corrected chi connectivity index (χ0v) is 18.3. The van der Waals surface area contributed by atoms with Crippen molar-refractivity contribution in [2.24, 2.45) is 0 Å². The molecule has 0 spiro atoms. The summed E-state index contributed by atoms with van der Waals surface area (Å²) < 4.78 is 48.0. The molecule has 1 amide bonds. The highest BCUT2D eigenvalue weighted by Gasteiger charge is 2.21. The maximum absolute atomic E-state index is 14.3. The number of nitrogens with one attached hydrogen (secondary N) is 1. The number of hydrogen-bond acceptors (Lipinski definition) is 7. The normalized spacial score (nSPS) is 11.1. The van der Waals surface area contributed by atoms with E-state index in [0.717, 1.165) is 6.07 Å².